The van der Waals surface area contributed by atoms with E-state index in [4.69, 9.17) is 9.47 Å². The molecule has 0 aliphatic heterocycles. The Morgan fingerprint density at radius 3 is 1.94 bits per heavy atom. The van der Waals surface area contributed by atoms with Crippen molar-refractivity contribution in [3.05, 3.63) is 95.6 Å². The smallest absolute Gasteiger partial charge is 0.407 e. The van der Waals surface area contributed by atoms with Crippen molar-refractivity contribution in [2.75, 3.05) is 13.2 Å². The van der Waals surface area contributed by atoms with E-state index in [0.29, 0.717) is 5.56 Å². The SMILES string of the molecule is CC(C)[C@H](NC(=O)OCC1c2ccccc2-c2ccccc21)C(=O)OCC(=O)c1ccccc1. The number of esters is 1. The molecule has 1 amide bonds. The molecule has 1 atom stereocenters. The molecule has 0 saturated carbocycles. The molecule has 6 nitrogen and oxygen atoms in total. The van der Waals surface area contributed by atoms with Crippen LogP contribution in [-0.2, 0) is 14.3 Å². The molecular weight excluding hydrogens is 430 g/mol. The molecule has 0 aromatic heterocycles. The molecule has 4 rings (SSSR count). The number of Topliss-reactive ketones (excluding diaryl/α,β-unsaturated/α-hetero) is 1. The molecular formula is C28H27NO5. The van der Waals surface area contributed by atoms with Crippen molar-refractivity contribution in [3.8, 4) is 11.1 Å². The average Bonchev–Trinajstić information content (AvgIpc) is 3.18. The van der Waals surface area contributed by atoms with Gasteiger partial charge in [0.25, 0.3) is 0 Å². The minimum absolute atomic E-state index is 0.0777. The Labute approximate surface area is 198 Å². The van der Waals surface area contributed by atoms with E-state index in [1.54, 1.807) is 44.2 Å². The van der Waals surface area contributed by atoms with E-state index in [-0.39, 0.29) is 24.2 Å². The van der Waals surface area contributed by atoms with E-state index < -0.39 is 24.7 Å². The van der Waals surface area contributed by atoms with Gasteiger partial charge in [-0.3, -0.25) is 4.79 Å². The number of fused-ring (bicyclic) bond motifs is 3. The number of benzene rings is 3. The summed E-state index contributed by atoms with van der Waals surface area (Å²) in [6, 6.07) is 23.8. The summed E-state index contributed by atoms with van der Waals surface area (Å²) in [6.45, 7) is 3.33. The summed E-state index contributed by atoms with van der Waals surface area (Å²) in [5.74, 6) is -1.31. The lowest BCUT2D eigenvalue weighted by Gasteiger charge is -2.21. The monoisotopic (exact) mass is 457 g/mol. The molecule has 34 heavy (non-hydrogen) atoms. The second-order valence-corrected chi connectivity index (χ2v) is 8.59. The number of ether oxygens (including phenoxy) is 2. The first-order valence-electron chi connectivity index (χ1n) is 11.3. The van der Waals surface area contributed by atoms with Gasteiger partial charge in [-0.05, 0) is 28.2 Å². The highest BCUT2D eigenvalue weighted by atomic mass is 16.6. The van der Waals surface area contributed by atoms with Crippen molar-refractivity contribution >= 4 is 17.8 Å². The second-order valence-electron chi connectivity index (χ2n) is 8.59. The number of hydrogen-bond acceptors (Lipinski definition) is 5. The highest BCUT2D eigenvalue weighted by Crippen LogP contribution is 2.44. The summed E-state index contributed by atoms with van der Waals surface area (Å²) >= 11 is 0. The fraction of sp³-hybridized carbons (Fsp3) is 0.250. The van der Waals surface area contributed by atoms with Crippen LogP contribution >= 0.6 is 0 Å². The van der Waals surface area contributed by atoms with E-state index in [1.165, 1.54) is 0 Å². The summed E-state index contributed by atoms with van der Waals surface area (Å²) < 4.78 is 10.7. The molecule has 0 spiro atoms. The highest BCUT2D eigenvalue weighted by molar-refractivity contribution is 5.98. The van der Waals surface area contributed by atoms with Gasteiger partial charge in [-0.25, -0.2) is 9.59 Å². The van der Waals surface area contributed by atoms with Crippen LogP contribution < -0.4 is 5.32 Å². The lowest BCUT2D eigenvalue weighted by molar-refractivity contribution is -0.146. The summed E-state index contributed by atoms with van der Waals surface area (Å²) in [5, 5.41) is 2.60. The molecule has 0 saturated heterocycles. The van der Waals surface area contributed by atoms with Crippen LogP contribution in [0.3, 0.4) is 0 Å². The van der Waals surface area contributed by atoms with Gasteiger partial charge in [-0.2, -0.15) is 0 Å². The first-order valence-corrected chi connectivity index (χ1v) is 11.3. The molecule has 6 heteroatoms. The maximum Gasteiger partial charge on any atom is 0.407 e. The van der Waals surface area contributed by atoms with Crippen LogP contribution in [0.2, 0.25) is 0 Å². The standard InChI is InChI=1S/C28H27NO5/c1-18(2)26(27(31)33-17-25(30)19-10-4-3-5-11-19)29-28(32)34-16-24-22-14-8-6-12-20(22)21-13-7-9-15-23(21)24/h3-15,18,24,26H,16-17H2,1-2H3,(H,29,32)/t26-/m0/s1. The van der Waals surface area contributed by atoms with Crippen LogP contribution in [0, 0.1) is 5.92 Å². The third-order valence-corrected chi connectivity index (χ3v) is 5.98. The second kappa shape index (κ2) is 10.3. The first-order chi connectivity index (χ1) is 16.5. The number of hydrogen-bond donors (Lipinski definition) is 1. The molecule has 1 aliphatic carbocycles. The molecule has 1 N–H and O–H groups in total. The van der Waals surface area contributed by atoms with Crippen LogP contribution in [0.15, 0.2) is 78.9 Å². The van der Waals surface area contributed by atoms with E-state index in [0.717, 1.165) is 22.3 Å². The number of ketones is 1. The van der Waals surface area contributed by atoms with Gasteiger partial charge >= 0.3 is 12.1 Å². The average molecular weight is 458 g/mol. The maximum atomic E-state index is 12.6. The predicted octanol–water partition coefficient (Wildman–Crippen LogP) is 4.98. The topological polar surface area (TPSA) is 81.7 Å². The Morgan fingerprint density at radius 2 is 1.35 bits per heavy atom. The Balaban J connectivity index is 1.35. The van der Waals surface area contributed by atoms with Gasteiger partial charge in [0.15, 0.2) is 12.4 Å². The van der Waals surface area contributed by atoms with E-state index in [9.17, 15) is 14.4 Å². The molecule has 0 heterocycles. The van der Waals surface area contributed by atoms with Crippen LogP contribution in [0.5, 0.6) is 0 Å². The van der Waals surface area contributed by atoms with Gasteiger partial charge in [0, 0.05) is 11.5 Å². The van der Waals surface area contributed by atoms with Gasteiger partial charge in [0.2, 0.25) is 0 Å². The Kier molecular flexibility index (Phi) is 7.07. The number of amides is 1. The fourth-order valence-corrected chi connectivity index (χ4v) is 4.20. The third kappa shape index (κ3) is 5.01. The van der Waals surface area contributed by atoms with Crippen molar-refractivity contribution in [2.24, 2.45) is 5.92 Å². The zero-order valence-electron chi connectivity index (χ0n) is 19.2. The number of carbonyl (C=O) groups is 3. The number of carbonyl (C=O) groups excluding carboxylic acids is 3. The minimum Gasteiger partial charge on any atom is -0.456 e. The third-order valence-electron chi connectivity index (χ3n) is 5.98. The van der Waals surface area contributed by atoms with Crippen molar-refractivity contribution in [3.63, 3.8) is 0 Å². The molecule has 3 aromatic carbocycles. The summed E-state index contributed by atoms with van der Waals surface area (Å²) in [5.41, 5.74) is 4.95. The van der Waals surface area contributed by atoms with Gasteiger partial charge in [0.1, 0.15) is 12.6 Å². The first kappa shape index (κ1) is 23.2. The largest absolute Gasteiger partial charge is 0.456 e. The van der Waals surface area contributed by atoms with E-state index in [2.05, 4.69) is 17.4 Å². The Hall–Kier alpha value is -3.93. The number of rotatable bonds is 8. The van der Waals surface area contributed by atoms with Gasteiger partial charge in [-0.1, -0.05) is 92.7 Å². The number of nitrogens with one attached hydrogen (secondary N) is 1. The van der Waals surface area contributed by atoms with E-state index >= 15 is 0 Å². The van der Waals surface area contributed by atoms with Crippen molar-refractivity contribution in [1.82, 2.24) is 5.32 Å². The quantitative estimate of drug-likeness (QED) is 0.381. The fourth-order valence-electron chi connectivity index (χ4n) is 4.20. The summed E-state index contributed by atoms with van der Waals surface area (Å²) in [7, 11) is 0. The maximum absolute atomic E-state index is 12.6. The lowest BCUT2D eigenvalue weighted by atomic mass is 9.98. The molecule has 0 fully saturated rings. The minimum atomic E-state index is -0.931. The lowest BCUT2D eigenvalue weighted by Crippen LogP contribution is -2.46. The van der Waals surface area contributed by atoms with Crippen molar-refractivity contribution in [2.45, 2.75) is 25.8 Å². The summed E-state index contributed by atoms with van der Waals surface area (Å²) in [4.78, 5) is 37.4. The van der Waals surface area contributed by atoms with Gasteiger partial charge < -0.3 is 14.8 Å². The molecule has 0 radical (unpaired) electrons. The van der Waals surface area contributed by atoms with Crippen molar-refractivity contribution in [1.29, 1.82) is 0 Å². The number of alkyl carbamates (subject to hydrolysis) is 1. The highest BCUT2D eigenvalue weighted by Gasteiger charge is 2.31. The van der Waals surface area contributed by atoms with Crippen molar-refractivity contribution < 1.29 is 23.9 Å². The zero-order chi connectivity index (χ0) is 24.1. The molecule has 1 aliphatic rings. The van der Waals surface area contributed by atoms with E-state index in [1.807, 2.05) is 36.4 Å². The molecule has 0 unspecified atom stereocenters. The normalized spacial score (nSPS) is 13.0. The van der Waals surface area contributed by atoms with Crippen LogP contribution in [0.4, 0.5) is 4.79 Å². The van der Waals surface area contributed by atoms with Crippen LogP contribution in [-0.4, -0.2) is 37.1 Å². The predicted molar refractivity (Wildman–Crippen MR) is 129 cm³/mol. The summed E-state index contributed by atoms with van der Waals surface area (Å²) in [6.07, 6.45) is -0.702. The van der Waals surface area contributed by atoms with Crippen LogP contribution in [0.25, 0.3) is 11.1 Å². The molecule has 0 bridgehead atoms. The molecule has 174 valence electrons. The Bertz CT molecular complexity index is 1140. The Morgan fingerprint density at radius 1 is 0.794 bits per heavy atom. The van der Waals surface area contributed by atoms with Gasteiger partial charge in [0.05, 0.1) is 0 Å². The van der Waals surface area contributed by atoms with Gasteiger partial charge in [-0.15, -0.1) is 0 Å². The van der Waals surface area contributed by atoms with Crippen LogP contribution in [0.1, 0.15) is 41.3 Å². The zero-order valence-corrected chi connectivity index (χ0v) is 19.2. The molecule has 3 aromatic rings.